The van der Waals surface area contributed by atoms with Crippen LogP contribution in [0.3, 0.4) is 0 Å². The second-order valence-electron chi connectivity index (χ2n) is 3.60. The van der Waals surface area contributed by atoms with Gasteiger partial charge in [0.25, 0.3) is 0 Å². The van der Waals surface area contributed by atoms with E-state index in [1.54, 1.807) is 7.11 Å². The number of methoxy groups -OCH3 is 1. The molecule has 0 aliphatic rings. The summed E-state index contributed by atoms with van der Waals surface area (Å²) in [6, 6.07) is 7.81. The minimum Gasteiger partial charge on any atom is -0.497 e. The average molecular weight is 218 g/mol. The predicted octanol–water partition coefficient (Wildman–Crippen LogP) is 3.01. The van der Waals surface area contributed by atoms with Crippen molar-refractivity contribution >= 4 is 0 Å². The van der Waals surface area contributed by atoms with E-state index < -0.39 is 0 Å². The van der Waals surface area contributed by atoms with Crippen molar-refractivity contribution in [1.29, 1.82) is 0 Å². The van der Waals surface area contributed by atoms with Crippen molar-refractivity contribution in [2.24, 2.45) is 0 Å². The molecule has 0 amide bonds. The highest BCUT2D eigenvalue weighted by Gasteiger charge is 2.03. The van der Waals surface area contributed by atoms with Crippen LogP contribution in [-0.4, -0.2) is 13.2 Å². The maximum absolute atomic E-state index is 5.61. The van der Waals surface area contributed by atoms with Gasteiger partial charge in [0.05, 0.1) is 13.7 Å². The number of ether oxygens (including phenoxy) is 2. The van der Waals surface area contributed by atoms with E-state index >= 15 is 0 Å². The monoisotopic (exact) mass is 218 g/mol. The van der Waals surface area contributed by atoms with E-state index in [1.807, 2.05) is 24.3 Å². The molecule has 16 heavy (non-hydrogen) atoms. The van der Waals surface area contributed by atoms with Crippen LogP contribution < -0.4 is 4.74 Å². The number of hydrogen-bond acceptors (Lipinski definition) is 2. The number of rotatable bonds is 6. The molecule has 0 aromatic heterocycles. The zero-order valence-electron chi connectivity index (χ0n) is 9.90. The van der Waals surface area contributed by atoms with Crippen molar-refractivity contribution in [3.05, 3.63) is 29.8 Å². The molecule has 1 unspecified atom stereocenters. The van der Waals surface area contributed by atoms with Crippen LogP contribution in [0.1, 0.15) is 25.3 Å². The Bertz CT molecular complexity index is 335. The standard InChI is InChI=1S/C14H18O2/c1-4-6-13(5-2)16-11-12-7-9-14(15-3)10-8-12/h2,7-10,13H,4,6,11H2,1,3H3. The minimum atomic E-state index is -0.0768. The fraction of sp³-hybridized carbons (Fsp3) is 0.429. The Balaban J connectivity index is 2.44. The molecule has 0 N–H and O–H groups in total. The highest BCUT2D eigenvalue weighted by Crippen LogP contribution is 2.13. The largest absolute Gasteiger partial charge is 0.497 e. The topological polar surface area (TPSA) is 18.5 Å². The van der Waals surface area contributed by atoms with Crippen molar-refractivity contribution in [3.63, 3.8) is 0 Å². The summed E-state index contributed by atoms with van der Waals surface area (Å²) in [7, 11) is 1.65. The Morgan fingerprint density at radius 3 is 2.50 bits per heavy atom. The highest BCUT2D eigenvalue weighted by atomic mass is 16.5. The Kier molecular flexibility index (Phi) is 5.45. The molecule has 1 aromatic carbocycles. The van der Waals surface area contributed by atoms with Crippen LogP contribution in [0.2, 0.25) is 0 Å². The second kappa shape index (κ2) is 6.92. The van der Waals surface area contributed by atoms with Gasteiger partial charge in [0, 0.05) is 0 Å². The molecule has 0 bridgehead atoms. The first-order chi connectivity index (χ1) is 7.80. The third kappa shape index (κ3) is 3.96. The zero-order valence-corrected chi connectivity index (χ0v) is 9.90. The molecule has 1 rings (SSSR count). The number of terminal acetylenes is 1. The van der Waals surface area contributed by atoms with Crippen LogP contribution in [0.15, 0.2) is 24.3 Å². The lowest BCUT2D eigenvalue weighted by Gasteiger charge is -2.11. The van der Waals surface area contributed by atoms with E-state index in [1.165, 1.54) is 0 Å². The quantitative estimate of drug-likeness (QED) is 0.683. The molecule has 0 radical (unpaired) electrons. The molecule has 0 spiro atoms. The first-order valence-electron chi connectivity index (χ1n) is 5.50. The van der Waals surface area contributed by atoms with Gasteiger partial charge in [-0.05, 0) is 24.1 Å². The third-order valence-corrected chi connectivity index (χ3v) is 2.35. The number of benzene rings is 1. The van der Waals surface area contributed by atoms with Gasteiger partial charge in [-0.3, -0.25) is 0 Å². The van der Waals surface area contributed by atoms with Crippen LogP contribution in [0.25, 0.3) is 0 Å². The van der Waals surface area contributed by atoms with E-state index in [2.05, 4.69) is 12.8 Å². The zero-order chi connectivity index (χ0) is 11.8. The average Bonchev–Trinajstić information content (AvgIpc) is 2.35. The van der Waals surface area contributed by atoms with Crippen LogP contribution >= 0.6 is 0 Å². The van der Waals surface area contributed by atoms with E-state index in [0.717, 1.165) is 24.2 Å². The van der Waals surface area contributed by atoms with Gasteiger partial charge in [-0.25, -0.2) is 0 Å². The predicted molar refractivity (Wildman–Crippen MR) is 65.3 cm³/mol. The highest BCUT2D eigenvalue weighted by molar-refractivity contribution is 5.26. The maximum atomic E-state index is 5.61. The molecule has 0 heterocycles. The fourth-order valence-corrected chi connectivity index (χ4v) is 1.40. The molecule has 2 heteroatoms. The van der Waals surface area contributed by atoms with Crippen molar-refractivity contribution in [3.8, 4) is 18.1 Å². The van der Waals surface area contributed by atoms with E-state index in [-0.39, 0.29) is 6.10 Å². The maximum Gasteiger partial charge on any atom is 0.118 e. The number of hydrogen-bond donors (Lipinski definition) is 0. The molecule has 86 valence electrons. The molecule has 1 atom stereocenters. The first kappa shape index (κ1) is 12.6. The molecular formula is C14H18O2. The summed E-state index contributed by atoms with van der Waals surface area (Å²) in [5.74, 6) is 3.50. The molecule has 0 aliphatic carbocycles. The van der Waals surface area contributed by atoms with E-state index in [0.29, 0.717) is 6.61 Å². The molecule has 2 nitrogen and oxygen atoms in total. The minimum absolute atomic E-state index is 0.0768. The molecule has 1 aromatic rings. The summed E-state index contributed by atoms with van der Waals surface area (Å²) in [5.41, 5.74) is 1.11. The van der Waals surface area contributed by atoms with E-state index in [9.17, 15) is 0 Å². The van der Waals surface area contributed by atoms with Gasteiger partial charge in [-0.2, -0.15) is 0 Å². The summed E-state index contributed by atoms with van der Waals surface area (Å²) < 4.78 is 10.7. The third-order valence-electron chi connectivity index (χ3n) is 2.35. The summed E-state index contributed by atoms with van der Waals surface area (Å²) >= 11 is 0. The molecule has 0 fully saturated rings. The Hall–Kier alpha value is -1.46. The van der Waals surface area contributed by atoms with Crippen LogP contribution in [0.4, 0.5) is 0 Å². The molecule has 0 saturated heterocycles. The van der Waals surface area contributed by atoms with Gasteiger partial charge in [0.15, 0.2) is 0 Å². The summed E-state index contributed by atoms with van der Waals surface area (Å²) in [6.45, 7) is 2.65. The summed E-state index contributed by atoms with van der Waals surface area (Å²) in [4.78, 5) is 0. The lowest BCUT2D eigenvalue weighted by molar-refractivity contribution is 0.0723. The van der Waals surface area contributed by atoms with Crippen molar-refractivity contribution in [2.45, 2.75) is 32.5 Å². The van der Waals surface area contributed by atoms with Crippen molar-refractivity contribution in [2.75, 3.05) is 7.11 Å². The van der Waals surface area contributed by atoms with Crippen molar-refractivity contribution < 1.29 is 9.47 Å². The Labute approximate surface area is 97.6 Å². The first-order valence-corrected chi connectivity index (χ1v) is 5.50. The molecule has 0 saturated carbocycles. The lowest BCUT2D eigenvalue weighted by Crippen LogP contribution is -2.09. The lowest BCUT2D eigenvalue weighted by atomic mass is 10.2. The second-order valence-corrected chi connectivity index (χ2v) is 3.60. The SMILES string of the molecule is C#CC(CCC)OCc1ccc(OC)cc1. The smallest absolute Gasteiger partial charge is 0.118 e. The van der Waals surface area contributed by atoms with Gasteiger partial charge >= 0.3 is 0 Å². The van der Waals surface area contributed by atoms with Gasteiger partial charge in [-0.1, -0.05) is 31.4 Å². The summed E-state index contributed by atoms with van der Waals surface area (Å²) in [5, 5.41) is 0. The van der Waals surface area contributed by atoms with Gasteiger partial charge < -0.3 is 9.47 Å². The van der Waals surface area contributed by atoms with Gasteiger partial charge in [-0.15, -0.1) is 6.42 Å². The molecular weight excluding hydrogens is 200 g/mol. The molecule has 0 aliphatic heterocycles. The summed E-state index contributed by atoms with van der Waals surface area (Å²) in [6.07, 6.45) is 7.25. The van der Waals surface area contributed by atoms with Crippen LogP contribution in [-0.2, 0) is 11.3 Å². The van der Waals surface area contributed by atoms with Crippen LogP contribution in [0, 0.1) is 12.3 Å². The van der Waals surface area contributed by atoms with E-state index in [4.69, 9.17) is 15.9 Å². The van der Waals surface area contributed by atoms with Crippen LogP contribution in [0.5, 0.6) is 5.75 Å². The van der Waals surface area contributed by atoms with Gasteiger partial charge in [0.2, 0.25) is 0 Å². The fourth-order valence-electron chi connectivity index (χ4n) is 1.40. The van der Waals surface area contributed by atoms with Crippen molar-refractivity contribution in [1.82, 2.24) is 0 Å². The normalized spacial score (nSPS) is 11.8. The van der Waals surface area contributed by atoms with Gasteiger partial charge in [0.1, 0.15) is 11.9 Å². The Morgan fingerprint density at radius 2 is 2.00 bits per heavy atom. The Morgan fingerprint density at radius 1 is 1.31 bits per heavy atom.